The van der Waals surface area contributed by atoms with Crippen LogP contribution in [-0.4, -0.2) is 207 Å². The molecule has 1 amide bonds. The number of amides is 1. The predicted octanol–water partition coefficient (Wildman–Crippen LogP) is -4.01. The number of likely N-dealkylation sites (tertiary alicyclic amines) is 1. The van der Waals surface area contributed by atoms with Gasteiger partial charge in [-0.1, -0.05) is 13.3 Å². The molecule has 0 unspecified atom stereocenters. The van der Waals surface area contributed by atoms with Crippen molar-refractivity contribution in [1.82, 2.24) is 20.9 Å². The van der Waals surface area contributed by atoms with Crippen LogP contribution in [0.25, 0.3) is 0 Å². The van der Waals surface area contributed by atoms with Crippen molar-refractivity contribution in [2.45, 2.75) is 149 Å². The molecule has 0 aromatic heterocycles. The Balaban J connectivity index is 0.000000342. The molecule has 4 aliphatic heterocycles. The van der Waals surface area contributed by atoms with Crippen molar-refractivity contribution in [2.75, 3.05) is 33.9 Å². The molecule has 21 nitrogen and oxygen atoms in total. The van der Waals surface area contributed by atoms with E-state index in [2.05, 4.69) is 22.9 Å². The van der Waals surface area contributed by atoms with Crippen molar-refractivity contribution >= 4 is 46.3 Å². The SMILES string of the molecule is CCC[C@@H]1C[C@@H](C(=O)N[C@@H]([C@H]2O[C@H](SC)[C@H](O)[C@@H](O)[C@H]2O)[C@@H](C)O)N(C)C1.CN[C@@H]1[C@H](O)[C@H](NC)[C@H]2O[C@@]3(O)C(=O)C[C@@H](C)O[C@H]3O[C@@H]2[C@H]1O.Cl.O=S(=O)(O)O. The Hall–Kier alpha value is -0.910. The van der Waals surface area contributed by atoms with Gasteiger partial charge in [0.15, 0.2) is 5.78 Å². The van der Waals surface area contributed by atoms with E-state index in [1.807, 2.05) is 11.9 Å². The van der Waals surface area contributed by atoms with E-state index in [9.17, 15) is 45.3 Å². The minimum absolute atomic E-state index is 0. The first-order valence-electron chi connectivity index (χ1n) is 18.1. The summed E-state index contributed by atoms with van der Waals surface area (Å²) < 4.78 is 54.1. The number of nitrogens with zero attached hydrogens (tertiary/aromatic N) is 1. The average Bonchev–Trinajstić information content (AvgIpc) is 3.46. The molecule has 0 aromatic rings. The molecular formula is C32H61ClN4O17S2. The van der Waals surface area contributed by atoms with E-state index in [0.717, 1.165) is 25.8 Å². The fourth-order valence-electron chi connectivity index (χ4n) is 7.82. The maximum absolute atomic E-state index is 12.8. The first-order valence-corrected chi connectivity index (χ1v) is 20.8. The van der Waals surface area contributed by atoms with Crippen LogP contribution in [0.1, 0.15) is 46.5 Å². The maximum atomic E-state index is 12.8. The zero-order valence-electron chi connectivity index (χ0n) is 32.3. The molecule has 12 N–H and O–H groups in total. The zero-order valence-corrected chi connectivity index (χ0v) is 34.8. The Morgan fingerprint density at radius 3 is 2.09 bits per heavy atom. The van der Waals surface area contributed by atoms with Gasteiger partial charge in [-0.2, -0.15) is 8.42 Å². The fraction of sp³-hybridized carbons (Fsp3) is 0.938. The second-order valence-electron chi connectivity index (χ2n) is 14.6. The molecule has 0 aromatic carbocycles. The van der Waals surface area contributed by atoms with Crippen molar-refractivity contribution in [1.29, 1.82) is 0 Å². The molecule has 0 spiro atoms. The minimum atomic E-state index is -4.67. The molecule has 0 radical (unpaired) electrons. The van der Waals surface area contributed by atoms with Gasteiger partial charge in [0.25, 0.3) is 5.79 Å². The molecule has 24 heteroatoms. The number of halogens is 1. The minimum Gasteiger partial charge on any atom is -0.391 e. The molecule has 18 atom stereocenters. The average molecular weight is 873 g/mol. The van der Waals surface area contributed by atoms with Crippen LogP contribution in [-0.2, 0) is 38.9 Å². The molecule has 1 aliphatic carbocycles. The summed E-state index contributed by atoms with van der Waals surface area (Å²) in [6, 6.07) is -2.49. The van der Waals surface area contributed by atoms with E-state index in [-0.39, 0.29) is 30.8 Å². The number of rotatable bonds is 9. The van der Waals surface area contributed by atoms with Crippen LogP contribution in [0.4, 0.5) is 0 Å². The van der Waals surface area contributed by atoms with E-state index >= 15 is 0 Å². The lowest BCUT2D eigenvalue weighted by atomic mass is 9.80. The number of fused-ring (bicyclic) bond motifs is 2. The third-order valence-electron chi connectivity index (χ3n) is 10.6. The van der Waals surface area contributed by atoms with Gasteiger partial charge in [-0.25, -0.2) is 0 Å². The Bertz CT molecular complexity index is 1370. The number of carbonyl (C=O) groups excluding carboxylic acids is 2. The van der Waals surface area contributed by atoms with Crippen LogP contribution in [0.15, 0.2) is 0 Å². The number of hydrogen-bond donors (Lipinski definition) is 12. The molecule has 5 rings (SSSR count). The predicted molar refractivity (Wildman–Crippen MR) is 201 cm³/mol. The Morgan fingerprint density at radius 2 is 1.57 bits per heavy atom. The van der Waals surface area contributed by atoms with E-state index in [0.29, 0.717) is 5.92 Å². The molecule has 4 saturated heterocycles. The Morgan fingerprint density at radius 1 is 0.982 bits per heavy atom. The molecule has 5 fully saturated rings. The number of thioether (sulfide) groups is 1. The second kappa shape index (κ2) is 21.6. The van der Waals surface area contributed by atoms with Crippen molar-refractivity contribution in [3.8, 4) is 0 Å². The standard InChI is InChI=1S/C18H34N2O6S.C14H24N2O7.ClH.H2O4S/c1-5-6-10-7-11(20(3)8-10)17(25)19-12(9(2)21)16-14(23)13(22)15(24)18(26-16)27-4;1-5-4-6(17)14(20)13(21-5)22-12-10(19)7(15-2)9(18)8(16-3)11(12)23-14;;1-5(2,3)4/h9-16,18,21-24H,5-8H2,1-4H3,(H,19,25);5,7-13,15-16,18-20H,4H2,1-3H3;1H;(H2,1,2,3,4)/t9-,10-,11+,12-,13+,14-,15-,16-,18-;5-,7-,8+,9+,10+,11-,12-,13+,14+;;/m11../s1. The first kappa shape index (κ1) is 51.2. The lowest BCUT2D eigenvalue weighted by molar-refractivity contribution is -0.420. The largest absolute Gasteiger partial charge is 0.394 e. The molecule has 4 heterocycles. The lowest BCUT2D eigenvalue weighted by Crippen LogP contribution is -2.77. The Labute approximate surface area is 337 Å². The summed E-state index contributed by atoms with van der Waals surface area (Å²) in [4.78, 5) is 27.1. The summed E-state index contributed by atoms with van der Waals surface area (Å²) in [7, 11) is 0.482. The highest BCUT2D eigenvalue weighted by atomic mass is 35.5. The molecular weight excluding hydrogens is 812 g/mol. The number of ether oxygens (including phenoxy) is 4. The molecule has 56 heavy (non-hydrogen) atoms. The quantitative estimate of drug-likeness (QED) is 0.0982. The number of carbonyl (C=O) groups is 2. The molecule has 1 saturated carbocycles. The highest BCUT2D eigenvalue weighted by Gasteiger charge is 2.63. The number of nitrogens with one attached hydrogen (secondary N) is 3. The van der Waals surface area contributed by atoms with E-state index in [1.165, 1.54) is 18.7 Å². The summed E-state index contributed by atoms with van der Waals surface area (Å²) in [5.74, 6) is -2.52. The van der Waals surface area contributed by atoms with Gasteiger partial charge in [-0.05, 0) is 60.0 Å². The number of ketones is 1. The summed E-state index contributed by atoms with van der Waals surface area (Å²) >= 11 is 1.20. The number of aliphatic hydroxyl groups is 7. The summed E-state index contributed by atoms with van der Waals surface area (Å²) in [5, 5.41) is 80.8. The van der Waals surface area contributed by atoms with Gasteiger partial charge in [-0.3, -0.25) is 23.6 Å². The smallest absolute Gasteiger partial charge is 0.391 e. The van der Waals surface area contributed by atoms with Crippen LogP contribution in [0.2, 0.25) is 0 Å². The highest BCUT2D eigenvalue weighted by molar-refractivity contribution is 7.99. The van der Waals surface area contributed by atoms with Crippen LogP contribution >= 0.6 is 24.2 Å². The summed E-state index contributed by atoms with van der Waals surface area (Å²) in [6.45, 7) is 6.18. The van der Waals surface area contributed by atoms with Gasteiger partial charge in [0.05, 0.1) is 42.5 Å². The zero-order chi connectivity index (χ0) is 41.7. The van der Waals surface area contributed by atoms with Crippen LogP contribution in [0.3, 0.4) is 0 Å². The summed E-state index contributed by atoms with van der Waals surface area (Å²) in [6.07, 6.45) is -7.08. The molecule has 0 bridgehead atoms. The van der Waals surface area contributed by atoms with E-state index in [1.54, 1.807) is 27.3 Å². The number of aliphatic hydroxyl groups excluding tert-OH is 6. The third-order valence-corrected chi connectivity index (χ3v) is 11.4. The molecule has 330 valence electrons. The second-order valence-corrected chi connectivity index (χ2v) is 16.5. The Kier molecular flexibility index (Phi) is 19.7. The monoisotopic (exact) mass is 872 g/mol. The van der Waals surface area contributed by atoms with Crippen LogP contribution in [0.5, 0.6) is 0 Å². The lowest BCUT2D eigenvalue weighted by Gasteiger charge is -2.55. The number of hydrogen-bond acceptors (Lipinski definition) is 19. The van der Waals surface area contributed by atoms with Gasteiger partial charge in [0.1, 0.15) is 48.2 Å². The van der Waals surface area contributed by atoms with Gasteiger partial charge in [0.2, 0.25) is 12.2 Å². The number of Topliss-reactive ketones (excluding diaryl/α,β-unsaturated/α-hetero) is 1. The van der Waals surface area contributed by atoms with E-state index in [4.69, 9.17) is 36.5 Å². The summed E-state index contributed by atoms with van der Waals surface area (Å²) in [5.41, 5.74) is -0.755. The normalized spacial score (nSPS) is 42.3. The van der Waals surface area contributed by atoms with Crippen molar-refractivity contribution in [3.05, 3.63) is 0 Å². The van der Waals surface area contributed by atoms with Crippen LogP contribution in [0, 0.1) is 5.92 Å². The van der Waals surface area contributed by atoms with Crippen molar-refractivity contribution in [2.24, 2.45) is 5.92 Å². The van der Waals surface area contributed by atoms with Gasteiger partial charge < -0.3 is 70.6 Å². The first-order chi connectivity index (χ1) is 25.5. The topological polar surface area (TPSA) is 327 Å². The highest BCUT2D eigenvalue weighted by Crippen LogP contribution is 2.40. The molecule has 5 aliphatic rings. The van der Waals surface area contributed by atoms with Gasteiger partial charge in [-0.15, -0.1) is 24.2 Å². The number of likely N-dealkylation sites (N-methyl/N-ethyl adjacent to an activating group) is 3. The third kappa shape index (κ3) is 12.1. The maximum Gasteiger partial charge on any atom is 0.394 e. The van der Waals surface area contributed by atoms with Gasteiger partial charge in [0, 0.05) is 13.0 Å². The van der Waals surface area contributed by atoms with E-state index < -0.39 is 113 Å². The van der Waals surface area contributed by atoms with Crippen LogP contribution < -0.4 is 16.0 Å². The van der Waals surface area contributed by atoms with Crippen molar-refractivity contribution < 1.29 is 81.8 Å². The van der Waals surface area contributed by atoms with Crippen molar-refractivity contribution in [3.63, 3.8) is 0 Å². The fourth-order valence-corrected chi connectivity index (χ4v) is 8.50. The van der Waals surface area contributed by atoms with Gasteiger partial charge >= 0.3 is 10.4 Å².